The average molecular weight is 275 g/mol. The second-order valence-electron chi connectivity index (χ2n) is 4.06. The first kappa shape index (κ1) is 13.5. The molecular weight excluding hydrogens is 262 g/mol. The van der Waals surface area contributed by atoms with Crippen LogP contribution in [0.15, 0.2) is 30.6 Å². The molecule has 1 heterocycles. The van der Waals surface area contributed by atoms with E-state index in [1.54, 1.807) is 17.1 Å². The van der Waals surface area contributed by atoms with Gasteiger partial charge in [0.25, 0.3) is 5.69 Å². The van der Waals surface area contributed by atoms with E-state index in [1.807, 2.05) is 6.92 Å². The molecule has 0 aliphatic heterocycles. The van der Waals surface area contributed by atoms with Gasteiger partial charge in [-0.2, -0.15) is 5.10 Å². The maximum Gasteiger partial charge on any atom is 0.292 e. The van der Waals surface area contributed by atoms with Crippen molar-refractivity contribution in [1.29, 1.82) is 0 Å². The Morgan fingerprint density at radius 3 is 2.85 bits per heavy atom. The van der Waals surface area contributed by atoms with Gasteiger partial charge in [0, 0.05) is 24.4 Å². The maximum absolute atomic E-state index is 11.1. The predicted octanol–water partition coefficient (Wildman–Crippen LogP) is 1.65. The van der Waals surface area contributed by atoms with E-state index in [-0.39, 0.29) is 16.9 Å². The number of nitro groups is 1. The van der Waals surface area contributed by atoms with Crippen LogP contribution in [0.2, 0.25) is 0 Å². The van der Waals surface area contributed by atoms with Crippen molar-refractivity contribution in [2.45, 2.75) is 13.5 Å². The molecule has 3 N–H and O–H groups in total. The zero-order valence-corrected chi connectivity index (χ0v) is 10.7. The smallest absolute Gasteiger partial charge is 0.292 e. The molecule has 0 saturated heterocycles. The van der Waals surface area contributed by atoms with E-state index in [9.17, 15) is 14.9 Å². The summed E-state index contributed by atoms with van der Waals surface area (Å²) in [6.45, 7) is 2.61. The Morgan fingerprint density at radius 2 is 2.30 bits per heavy atom. The minimum atomic E-state index is -0.646. The second-order valence-corrected chi connectivity index (χ2v) is 4.06. The molecule has 0 atom stereocenters. The molecule has 2 rings (SSSR count). The van der Waals surface area contributed by atoms with Gasteiger partial charge in [-0.25, -0.2) is 0 Å². The van der Waals surface area contributed by atoms with E-state index in [0.29, 0.717) is 12.2 Å². The fourth-order valence-corrected chi connectivity index (χ4v) is 1.71. The first-order chi connectivity index (χ1) is 9.51. The highest BCUT2D eigenvalue weighted by Gasteiger charge is 2.16. The number of carbonyl (C=O) groups is 1. The van der Waals surface area contributed by atoms with Crippen LogP contribution in [0.5, 0.6) is 0 Å². The largest absolute Gasteiger partial charge is 0.366 e. The van der Waals surface area contributed by atoms with Crippen molar-refractivity contribution in [3.8, 4) is 0 Å². The molecule has 104 valence electrons. The summed E-state index contributed by atoms with van der Waals surface area (Å²) < 4.78 is 1.67. The third kappa shape index (κ3) is 2.74. The van der Waals surface area contributed by atoms with Gasteiger partial charge in [0.15, 0.2) is 0 Å². The number of carbonyl (C=O) groups excluding carboxylic acids is 1. The predicted molar refractivity (Wildman–Crippen MR) is 72.8 cm³/mol. The van der Waals surface area contributed by atoms with Crippen molar-refractivity contribution < 1.29 is 9.72 Å². The van der Waals surface area contributed by atoms with Crippen LogP contribution in [0.25, 0.3) is 0 Å². The monoisotopic (exact) mass is 275 g/mol. The number of nitro benzene ring substituents is 1. The summed E-state index contributed by atoms with van der Waals surface area (Å²) in [7, 11) is 0. The van der Waals surface area contributed by atoms with Gasteiger partial charge < -0.3 is 11.1 Å². The molecule has 0 bridgehead atoms. The van der Waals surface area contributed by atoms with Crippen molar-refractivity contribution >= 4 is 23.0 Å². The van der Waals surface area contributed by atoms with Crippen molar-refractivity contribution in [2.75, 3.05) is 5.32 Å². The molecule has 2 aromatic rings. The van der Waals surface area contributed by atoms with Crippen LogP contribution in [0.1, 0.15) is 17.3 Å². The van der Waals surface area contributed by atoms with Gasteiger partial charge in [0.1, 0.15) is 5.69 Å². The number of nitrogens with two attached hydrogens (primary N) is 1. The number of aryl methyl sites for hydroxylation is 1. The molecule has 0 saturated carbocycles. The summed E-state index contributed by atoms with van der Waals surface area (Å²) >= 11 is 0. The second kappa shape index (κ2) is 5.39. The molecule has 0 radical (unpaired) electrons. The van der Waals surface area contributed by atoms with Crippen molar-refractivity contribution in [3.63, 3.8) is 0 Å². The van der Waals surface area contributed by atoms with Gasteiger partial charge in [-0.05, 0) is 19.1 Å². The first-order valence-electron chi connectivity index (χ1n) is 5.89. The number of nitrogens with zero attached hydrogens (tertiary/aromatic N) is 3. The minimum Gasteiger partial charge on any atom is -0.366 e. The van der Waals surface area contributed by atoms with E-state index < -0.39 is 10.8 Å². The van der Waals surface area contributed by atoms with E-state index in [4.69, 9.17) is 5.73 Å². The molecule has 20 heavy (non-hydrogen) atoms. The van der Waals surface area contributed by atoms with Crippen LogP contribution in [0.3, 0.4) is 0 Å². The lowest BCUT2D eigenvalue weighted by Crippen LogP contribution is -2.11. The number of nitrogens with one attached hydrogen (secondary N) is 1. The van der Waals surface area contributed by atoms with Crippen molar-refractivity contribution in [1.82, 2.24) is 9.78 Å². The van der Waals surface area contributed by atoms with E-state index in [1.165, 1.54) is 18.2 Å². The van der Waals surface area contributed by atoms with Crippen LogP contribution in [0.4, 0.5) is 17.1 Å². The lowest BCUT2D eigenvalue weighted by molar-refractivity contribution is -0.383. The fourth-order valence-electron chi connectivity index (χ4n) is 1.71. The van der Waals surface area contributed by atoms with Gasteiger partial charge in [-0.1, -0.05) is 0 Å². The number of primary amides is 1. The topological polar surface area (TPSA) is 116 Å². The normalized spacial score (nSPS) is 10.2. The Kier molecular flexibility index (Phi) is 3.65. The van der Waals surface area contributed by atoms with E-state index >= 15 is 0 Å². The zero-order valence-electron chi connectivity index (χ0n) is 10.7. The minimum absolute atomic E-state index is 0.140. The van der Waals surface area contributed by atoms with Gasteiger partial charge >= 0.3 is 0 Å². The van der Waals surface area contributed by atoms with Crippen LogP contribution < -0.4 is 11.1 Å². The lowest BCUT2D eigenvalue weighted by Gasteiger charge is -2.06. The van der Waals surface area contributed by atoms with Crippen molar-refractivity contribution in [3.05, 3.63) is 46.3 Å². The Morgan fingerprint density at radius 1 is 1.55 bits per heavy atom. The molecule has 1 aromatic carbocycles. The highest BCUT2D eigenvalue weighted by atomic mass is 16.6. The number of rotatable bonds is 5. The summed E-state index contributed by atoms with van der Waals surface area (Å²) in [5.74, 6) is -0.646. The highest BCUT2D eigenvalue weighted by Crippen LogP contribution is 2.28. The summed E-state index contributed by atoms with van der Waals surface area (Å²) in [5.41, 5.74) is 6.02. The third-order valence-electron chi connectivity index (χ3n) is 2.71. The number of hydrogen-bond acceptors (Lipinski definition) is 5. The molecule has 0 unspecified atom stereocenters. The Hall–Kier alpha value is -2.90. The quantitative estimate of drug-likeness (QED) is 0.635. The van der Waals surface area contributed by atoms with Crippen LogP contribution >= 0.6 is 0 Å². The maximum atomic E-state index is 11.1. The zero-order chi connectivity index (χ0) is 14.7. The molecule has 1 aromatic heterocycles. The van der Waals surface area contributed by atoms with Gasteiger partial charge in [0.05, 0.1) is 16.8 Å². The standard InChI is InChI=1S/C12H13N5O3/c1-2-16-7-9(6-14-16)15-10-5-8(12(13)18)3-4-11(10)17(19)20/h3-7,15H,2H2,1H3,(H2,13,18). The molecule has 8 heteroatoms. The Labute approximate surface area is 114 Å². The van der Waals surface area contributed by atoms with Crippen LogP contribution in [0, 0.1) is 10.1 Å². The lowest BCUT2D eigenvalue weighted by atomic mass is 10.1. The number of anilines is 2. The Balaban J connectivity index is 2.39. The Bertz CT molecular complexity index is 665. The number of hydrogen-bond donors (Lipinski definition) is 2. The fraction of sp³-hybridized carbons (Fsp3) is 0.167. The summed E-state index contributed by atoms with van der Waals surface area (Å²) in [5, 5.41) is 17.9. The van der Waals surface area contributed by atoms with Crippen LogP contribution in [-0.4, -0.2) is 20.6 Å². The molecule has 0 aliphatic rings. The van der Waals surface area contributed by atoms with Gasteiger partial charge in [-0.15, -0.1) is 0 Å². The van der Waals surface area contributed by atoms with Crippen LogP contribution in [-0.2, 0) is 6.54 Å². The molecular formula is C12H13N5O3. The molecule has 8 nitrogen and oxygen atoms in total. The number of benzene rings is 1. The third-order valence-corrected chi connectivity index (χ3v) is 2.71. The van der Waals surface area contributed by atoms with E-state index in [0.717, 1.165) is 0 Å². The van der Waals surface area contributed by atoms with Gasteiger partial charge in [-0.3, -0.25) is 19.6 Å². The SMILES string of the molecule is CCn1cc(Nc2cc(C(N)=O)ccc2[N+](=O)[O-])cn1. The molecule has 0 fully saturated rings. The van der Waals surface area contributed by atoms with Gasteiger partial charge in [0.2, 0.25) is 5.91 Å². The molecule has 0 spiro atoms. The summed E-state index contributed by atoms with van der Waals surface area (Å²) in [6, 6.07) is 3.91. The molecule has 0 aliphatic carbocycles. The average Bonchev–Trinajstić information content (AvgIpc) is 2.86. The summed E-state index contributed by atoms with van der Waals surface area (Å²) in [6.07, 6.45) is 3.25. The molecule has 1 amide bonds. The van der Waals surface area contributed by atoms with Crippen molar-refractivity contribution in [2.24, 2.45) is 5.73 Å². The first-order valence-corrected chi connectivity index (χ1v) is 5.89. The highest BCUT2D eigenvalue weighted by molar-refractivity contribution is 5.94. The number of aromatic nitrogens is 2. The van der Waals surface area contributed by atoms with E-state index in [2.05, 4.69) is 10.4 Å². The summed E-state index contributed by atoms with van der Waals surface area (Å²) in [4.78, 5) is 21.6. The number of amides is 1.